The molecule has 0 fully saturated rings. The summed E-state index contributed by atoms with van der Waals surface area (Å²) in [5.74, 6) is -0.509. The number of hydrogen-bond acceptors (Lipinski definition) is 3. The van der Waals surface area contributed by atoms with E-state index in [9.17, 15) is 21.6 Å². The molecule has 142 valence electrons. The first-order chi connectivity index (χ1) is 12.7. The Morgan fingerprint density at radius 3 is 2.52 bits per heavy atom. The Hall–Kier alpha value is -2.45. The minimum Gasteiger partial charge on any atom is -0.256 e. The zero-order valence-corrected chi connectivity index (χ0v) is 15.0. The Balaban J connectivity index is 1.65. The third-order valence-electron chi connectivity index (χ3n) is 4.04. The summed E-state index contributed by atoms with van der Waals surface area (Å²) in [5, 5.41) is 0.960. The molecule has 3 rings (SSSR count). The molecule has 0 amide bonds. The minimum atomic E-state index is -4.51. The summed E-state index contributed by atoms with van der Waals surface area (Å²) in [6, 6.07) is 13.7. The number of halogens is 3. The molecule has 1 N–H and O–H groups in total. The highest BCUT2D eigenvalue weighted by Crippen LogP contribution is 2.29. The molecular formula is C19H17F3N2O2S. The number of rotatable bonds is 6. The molecule has 0 aliphatic carbocycles. The highest BCUT2D eigenvalue weighted by molar-refractivity contribution is 7.88. The van der Waals surface area contributed by atoms with E-state index in [1.165, 1.54) is 12.1 Å². The van der Waals surface area contributed by atoms with Crippen LogP contribution in [0.3, 0.4) is 0 Å². The van der Waals surface area contributed by atoms with Gasteiger partial charge in [0.05, 0.1) is 16.8 Å². The Morgan fingerprint density at radius 2 is 1.74 bits per heavy atom. The second-order valence-electron chi connectivity index (χ2n) is 6.09. The second-order valence-corrected chi connectivity index (χ2v) is 7.90. The van der Waals surface area contributed by atoms with E-state index >= 15 is 0 Å². The van der Waals surface area contributed by atoms with Crippen molar-refractivity contribution in [3.8, 4) is 0 Å². The summed E-state index contributed by atoms with van der Waals surface area (Å²) in [5.41, 5.74) is 0.924. The predicted molar refractivity (Wildman–Crippen MR) is 97.5 cm³/mol. The normalized spacial score (nSPS) is 12.4. The van der Waals surface area contributed by atoms with Crippen molar-refractivity contribution in [2.45, 2.75) is 18.3 Å². The van der Waals surface area contributed by atoms with Crippen LogP contribution >= 0.6 is 0 Å². The zero-order valence-electron chi connectivity index (χ0n) is 14.2. The van der Waals surface area contributed by atoms with Gasteiger partial charge in [-0.2, -0.15) is 13.2 Å². The molecule has 0 aliphatic heterocycles. The van der Waals surface area contributed by atoms with Gasteiger partial charge in [0.1, 0.15) is 0 Å². The summed E-state index contributed by atoms with van der Waals surface area (Å²) in [6.45, 7) is 0.136. The summed E-state index contributed by atoms with van der Waals surface area (Å²) >= 11 is 0. The van der Waals surface area contributed by atoms with E-state index < -0.39 is 27.5 Å². The van der Waals surface area contributed by atoms with Crippen LogP contribution in [0, 0.1) is 0 Å². The van der Waals surface area contributed by atoms with Crippen LogP contribution in [0.1, 0.15) is 16.7 Å². The van der Waals surface area contributed by atoms with Gasteiger partial charge in [-0.3, -0.25) is 4.98 Å². The average molecular weight is 394 g/mol. The van der Waals surface area contributed by atoms with E-state index in [2.05, 4.69) is 9.71 Å². The van der Waals surface area contributed by atoms with Crippen LogP contribution < -0.4 is 4.72 Å². The van der Waals surface area contributed by atoms with Crippen LogP contribution in [0.2, 0.25) is 0 Å². The number of sulfonamides is 1. The molecule has 0 spiro atoms. The van der Waals surface area contributed by atoms with Crippen molar-refractivity contribution in [3.63, 3.8) is 0 Å². The first kappa shape index (κ1) is 19.3. The maximum absolute atomic E-state index is 12.7. The molecule has 1 aromatic heterocycles. The van der Waals surface area contributed by atoms with Gasteiger partial charge in [-0.25, -0.2) is 13.1 Å². The number of nitrogens with one attached hydrogen (secondary N) is 1. The van der Waals surface area contributed by atoms with Gasteiger partial charge in [-0.15, -0.1) is 0 Å². The molecule has 0 saturated carbocycles. The molecule has 3 aromatic rings. The Morgan fingerprint density at radius 1 is 1.00 bits per heavy atom. The smallest absolute Gasteiger partial charge is 0.256 e. The fraction of sp³-hybridized carbons (Fsp3) is 0.211. The molecule has 0 unspecified atom stereocenters. The number of benzene rings is 2. The minimum absolute atomic E-state index is 0.0872. The quantitative estimate of drug-likeness (QED) is 0.690. The van der Waals surface area contributed by atoms with Crippen molar-refractivity contribution < 1.29 is 21.6 Å². The van der Waals surface area contributed by atoms with Crippen molar-refractivity contribution in [2.75, 3.05) is 6.54 Å². The predicted octanol–water partition coefficient (Wildman–Crippen LogP) is 3.92. The van der Waals surface area contributed by atoms with Crippen molar-refractivity contribution in [3.05, 3.63) is 77.5 Å². The van der Waals surface area contributed by atoms with E-state index in [1.54, 1.807) is 6.20 Å². The lowest BCUT2D eigenvalue weighted by Crippen LogP contribution is -2.27. The molecule has 0 atom stereocenters. The number of nitrogens with zero attached hydrogens (tertiary/aromatic N) is 1. The number of pyridine rings is 1. The Kier molecular flexibility index (Phi) is 5.48. The first-order valence-electron chi connectivity index (χ1n) is 8.21. The maximum Gasteiger partial charge on any atom is 0.416 e. The molecule has 4 nitrogen and oxygen atoms in total. The topological polar surface area (TPSA) is 59.1 Å². The van der Waals surface area contributed by atoms with Crippen LogP contribution in [0.25, 0.3) is 10.9 Å². The molecule has 1 heterocycles. The van der Waals surface area contributed by atoms with Gasteiger partial charge in [0.25, 0.3) is 0 Å². The fourth-order valence-electron chi connectivity index (χ4n) is 2.82. The monoisotopic (exact) mass is 394 g/mol. The Labute approximate surface area is 155 Å². The molecule has 0 aliphatic rings. The van der Waals surface area contributed by atoms with E-state index in [-0.39, 0.29) is 12.1 Å². The van der Waals surface area contributed by atoms with Crippen molar-refractivity contribution in [2.24, 2.45) is 0 Å². The molecule has 0 bridgehead atoms. The molecule has 0 radical (unpaired) electrons. The summed E-state index contributed by atoms with van der Waals surface area (Å²) in [7, 11) is -3.76. The van der Waals surface area contributed by atoms with E-state index in [1.807, 2.05) is 30.3 Å². The summed E-state index contributed by atoms with van der Waals surface area (Å²) in [6.07, 6.45) is -2.41. The Bertz CT molecular complexity index is 1040. The number of alkyl halides is 3. The zero-order chi connectivity index (χ0) is 19.5. The SMILES string of the molecule is O=S(=O)(Cc1cccc(C(F)(F)F)c1)NCCc1cccc2cccnc12. The molecule has 27 heavy (non-hydrogen) atoms. The number of fused-ring (bicyclic) bond motifs is 1. The molecular weight excluding hydrogens is 377 g/mol. The molecule has 8 heteroatoms. The van der Waals surface area contributed by atoms with Gasteiger partial charge in [-0.05, 0) is 29.7 Å². The number of aromatic nitrogens is 1. The third kappa shape index (κ3) is 5.05. The van der Waals surface area contributed by atoms with E-state index in [0.29, 0.717) is 6.42 Å². The highest BCUT2D eigenvalue weighted by Gasteiger charge is 2.30. The second kappa shape index (κ2) is 7.66. The lowest BCUT2D eigenvalue weighted by atomic mass is 10.1. The van der Waals surface area contributed by atoms with Gasteiger partial charge >= 0.3 is 6.18 Å². The van der Waals surface area contributed by atoms with Crippen LogP contribution in [-0.4, -0.2) is 19.9 Å². The van der Waals surface area contributed by atoms with Crippen LogP contribution in [0.4, 0.5) is 13.2 Å². The lowest BCUT2D eigenvalue weighted by molar-refractivity contribution is -0.137. The van der Waals surface area contributed by atoms with Gasteiger partial charge in [0.2, 0.25) is 10.0 Å². The number of para-hydroxylation sites is 1. The standard InChI is InChI=1S/C19H17F3N2O2S/c20-19(21,22)17-8-1-4-14(12-17)13-27(25,26)24-11-9-16-6-2-5-15-7-3-10-23-18(15)16/h1-8,10,12,24H,9,11,13H2. The van der Waals surface area contributed by atoms with Crippen LogP contribution in [-0.2, 0) is 28.4 Å². The van der Waals surface area contributed by atoms with Gasteiger partial charge in [0.15, 0.2) is 0 Å². The maximum atomic E-state index is 12.7. The van der Waals surface area contributed by atoms with Gasteiger partial charge < -0.3 is 0 Å². The largest absolute Gasteiger partial charge is 0.416 e. The van der Waals surface area contributed by atoms with Crippen molar-refractivity contribution in [1.29, 1.82) is 0 Å². The van der Waals surface area contributed by atoms with Gasteiger partial charge in [-0.1, -0.05) is 42.5 Å². The lowest BCUT2D eigenvalue weighted by Gasteiger charge is -2.10. The van der Waals surface area contributed by atoms with E-state index in [0.717, 1.165) is 28.6 Å². The average Bonchev–Trinajstić information content (AvgIpc) is 2.61. The first-order valence-corrected chi connectivity index (χ1v) is 9.86. The number of hydrogen-bond donors (Lipinski definition) is 1. The summed E-state index contributed by atoms with van der Waals surface area (Å²) < 4.78 is 65.1. The fourth-order valence-corrected chi connectivity index (χ4v) is 3.95. The molecule has 2 aromatic carbocycles. The van der Waals surface area contributed by atoms with Crippen LogP contribution in [0.5, 0.6) is 0 Å². The van der Waals surface area contributed by atoms with Crippen LogP contribution in [0.15, 0.2) is 60.8 Å². The van der Waals surface area contributed by atoms with Crippen molar-refractivity contribution in [1.82, 2.24) is 9.71 Å². The van der Waals surface area contributed by atoms with Gasteiger partial charge in [0, 0.05) is 18.1 Å². The molecule has 0 saturated heterocycles. The third-order valence-corrected chi connectivity index (χ3v) is 5.40. The summed E-state index contributed by atoms with van der Waals surface area (Å²) in [4.78, 5) is 4.31. The highest BCUT2D eigenvalue weighted by atomic mass is 32.2. The van der Waals surface area contributed by atoms with E-state index in [4.69, 9.17) is 0 Å². The van der Waals surface area contributed by atoms with Crippen molar-refractivity contribution >= 4 is 20.9 Å².